The number of fused-ring (bicyclic) bond motifs is 1. The van der Waals surface area contributed by atoms with Crippen LogP contribution in [0.1, 0.15) is 66.7 Å². The van der Waals surface area contributed by atoms with Crippen molar-refractivity contribution < 1.29 is 48.2 Å². The lowest BCUT2D eigenvalue weighted by Crippen LogP contribution is -2.57. The number of non-ortho nitro benzene ring substituents is 1. The highest BCUT2D eigenvalue weighted by atomic mass is 16.6. The van der Waals surface area contributed by atoms with Gasteiger partial charge in [-0.15, -0.1) is 0 Å². The number of hydrogen-bond donors (Lipinski definition) is 4. The van der Waals surface area contributed by atoms with Gasteiger partial charge in [-0.25, -0.2) is 14.4 Å². The SMILES string of the molecule is COC(=O)C(CCCCNC(=O)Oc1ccc([N+](=O)[O-])cc1)NC(=O)[C@@H]1C2[C@H](CN1C(=O)[C@H](CCCO)NC(=O)OC(C)(C)C)C2(C)C. The number of nitro groups is 1. The molecule has 1 aromatic carbocycles. The van der Waals surface area contributed by atoms with Gasteiger partial charge in [0.15, 0.2) is 0 Å². The lowest BCUT2D eigenvalue weighted by molar-refractivity contribution is -0.384. The molecule has 1 heterocycles. The number of nitrogens with one attached hydrogen (secondary N) is 3. The number of alkyl carbamates (subject to hydrolysis) is 1. The second-order valence-electron chi connectivity index (χ2n) is 13.6. The summed E-state index contributed by atoms with van der Waals surface area (Å²) in [4.78, 5) is 76.6. The van der Waals surface area contributed by atoms with Crippen LogP contribution in [0.15, 0.2) is 24.3 Å². The van der Waals surface area contributed by atoms with E-state index in [0.29, 0.717) is 19.4 Å². The van der Waals surface area contributed by atoms with Crippen molar-refractivity contribution in [2.45, 2.75) is 90.4 Å². The van der Waals surface area contributed by atoms with Gasteiger partial charge in [0.05, 0.1) is 12.0 Å². The summed E-state index contributed by atoms with van der Waals surface area (Å²) < 4.78 is 15.4. The molecular weight excluding hydrogens is 630 g/mol. The van der Waals surface area contributed by atoms with E-state index in [1.54, 1.807) is 20.8 Å². The first-order valence-corrected chi connectivity index (χ1v) is 16.0. The molecule has 0 spiro atoms. The Morgan fingerprint density at radius 3 is 2.25 bits per heavy atom. The number of methoxy groups -OCH3 is 1. The summed E-state index contributed by atoms with van der Waals surface area (Å²) in [5.41, 5.74) is -1.15. The van der Waals surface area contributed by atoms with Gasteiger partial charge in [0.2, 0.25) is 11.8 Å². The quantitative estimate of drug-likeness (QED) is 0.0916. The third kappa shape index (κ3) is 10.0. The zero-order chi connectivity index (χ0) is 35.8. The minimum atomic E-state index is -1.03. The number of carbonyl (C=O) groups is 5. The number of likely N-dealkylation sites (tertiary alicyclic amines) is 1. The minimum absolute atomic E-state index is 0.0469. The number of ether oxygens (including phenoxy) is 3. The second-order valence-corrected chi connectivity index (χ2v) is 13.6. The molecular formula is C32H47N5O11. The monoisotopic (exact) mass is 677 g/mol. The summed E-state index contributed by atoms with van der Waals surface area (Å²) in [5, 5.41) is 28.1. The largest absolute Gasteiger partial charge is 0.467 e. The minimum Gasteiger partial charge on any atom is -0.467 e. The molecule has 5 atom stereocenters. The normalized spacial score (nSPS) is 20.4. The van der Waals surface area contributed by atoms with E-state index in [1.165, 1.54) is 36.3 Å². The molecule has 0 radical (unpaired) electrons. The summed E-state index contributed by atoms with van der Waals surface area (Å²) in [7, 11) is 1.21. The third-order valence-electron chi connectivity index (χ3n) is 8.65. The molecule has 48 heavy (non-hydrogen) atoms. The topological polar surface area (TPSA) is 216 Å². The first-order valence-electron chi connectivity index (χ1n) is 16.0. The van der Waals surface area contributed by atoms with Crippen LogP contribution in [-0.2, 0) is 23.9 Å². The fraction of sp³-hybridized carbons (Fsp3) is 0.656. The fourth-order valence-electron chi connectivity index (χ4n) is 6.11. The number of hydrogen-bond acceptors (Lipinski definition) is 11. The molecule has 1 saturated heterocycles. The van der Waals surface area contributed by atoms with Crippen LogP contribution in [-0.4, -0.2) is 95.4 Å². The summed E-state index contributed by atoms with van der Waals surface area (Å²) in [6.45, 7) is 9.41. The standard InChI is InChI=1S/C32H47N5O11/c1-31(2,3)48-30(43)35-22(11-9-17-38)27(40)36-18-21-24(32(21,4)5)25(36)26(39)34-23(28(41)46-6)10-7-8-16-33-29(42)47-20-14-12-19(13-15-20)37(44)45/h12-15,21-25,38H,7-11,16-18H2,1-6H3,(H,33,42)(H,34,39)(H,35,43)/t21-,22-,23?,24?,25-/m0/s1. The third-order valence-corrected chi connectivity index (χ3v) is 8.65. The molecule has 1 aromatic rings. The first-order chi connectivity index (χ1) is 22.5. The number of aliphatic hydroxyl groups excluding tert-OH is 1. The first kappa shape index (κ1) is 38.0. The van der Waals surface area contributed by atoms with Gasteiger partial charge in [0, 0.05) is 31.8 Å². The van der Waals surface area contributed by atoms with Gasteiger partial charge < -0.3 is 40.2 Å². The van der Waals surface area contributed by atoms with E-state index in [2.05, 4.69) is 16.0 Å². The zero-order valence-electron chi connectivity index (χ0n) is 28.3. The van der Waals surface area contributed by atoms with E-state index >= 15 is 0 Å². The number of aliphatic hydroxyl groups is 1. The molecule has 3 rings (SSSR count). The Morgan fingerprint density at radius 2 is 1.67 bits per heavy atom. The lowest BCUT2D eigenvalue weighted by Gasteiger charge is -2.34. The maximum atomic E-state index is 13.8. The average Bonchev–Trinajstić information content (AvgIpc) is 3.32. The second kappa shape index (κ2) is 16.1. The molecule has 0 aromatic heterocycles. The maximum absolute atomic E-state index is 13.8. The highest BCUT2D eigenvalue weighted by Gasteiger charge is 2.69. The number of esters is 1. The average molecular weight is 678 g/mol. The van der Waals surface area contributed by atoms with Crippen molar-refractivity contribution in [1.29, 1.82) is 0 Å². The Hall–Kier alpha value is -4.47. The molecule has 1 aliphatic carbocycles. The molecule has 2 unspecified atom stereocenters. The summed E-state index contributed by atoms with van der Waals surface area (Å²) in [6, 6.07) is 2.10. The summed E-state index contributed by atoms with van der Waals surface area (Å²) in [5.74, 6) is -1.63. The van der Waals surface area contributed by atoms with E-state index in [4.69, 9.17) is 14.2 Å². The van der Waals surface area contributed by atoms with Gasteiger partial charge in [-0.1, -0.05) is 13.8 Å². The lowest BCUT2D eigenvalue weighted by atomic mass is 9.98. The highest BCUT2D eigenvalue weighted by molar-refractivity contribution is 5.94. The number of nitro benzene ring substituents is 1. The summed E-state index contributed by atoms with van der Waals surface area (Å²) in [6.07, 6.45) is -0.146. The molecule has 266 valence electrons. The smallest absolute Gasteiger partial charge is 0.412 e. The number of piperidine rings is 1. The van der Waals surface area contributed by atoms with Crippen LogP contribution < -0.4 is 20.7 Å². The number of amides is 4. The number of carbonyl (C=O) groups excluding carboxylic acids is 5. The van der Waals surface area contributed by atoms with E-state index in [0.717, 1.165) is 0 Å². The van der Waals surface area contributed by atoms with E-state index in [1.807, 2.05) is 13.8 Å². The van der Waals surface area contributed by atoms with Crippen molar-refractivity contribution in [2.24, 2.45) is 17.3 Å². The van der Waals surface area contributed by atoms with Crippen molar-refractivity contribution in [3.63, 3.8) is 0 Å². The number of rotatable bonds is 15. The van der Waals surface area contributed by atoms with Gasteiger partial charge in [0.1, 0.15) is 29.5 Å². The van der Waals surface area contributed by atoms with Crippen LogP contribution in [0, 0.1) is 27.4 Å². The van der Waals surface area contributed by atoms with Crippen molar-refractivity contribution in [3.8, 4) is 5.75 Å². The Labute approximate surface area is 279 Å². The van der Waals surface area contributed by atoms with Crippen molar-refractivity contribution >= 4 is 35.7 Å². The highest BCUT2D eigenvalue weighted by Crippen LogP contribution is 2.65. The van der Waals surface area contributed by atoms with Crippen LogP contribution in [0.2, 0.25) is 0 Å². The van der Waals surface area contributed by atoms with Crippen molar-refractivity contribution in [3.05, 3.63) is 34.4 Å². The fourth-order valence-corrected chi connectivity index (χ4v) is 6.11. The van der Waals surface area contributed by atoms with Gasteiger partial charge in [-0.2, -0.15) is 0 Å². The molecule has 4 amide bonds. The predicted octanol–water partition coefficient (Wildman–Crippen LogP) is 2.66. The molecule has 16 nitrogen and oxygen atoms in total. The number of benzene rings is 1. The maximum Gasteiger partial charge on any atom is 0.412 e. The Balaban J connectivity index is 1.60. The molecule has 2 aliphatic rings. The van der Waals surface area contributed by atoms with Crippen LogP contribution in [0.4, 0.5) is 15.3 Å². The van der Waals surface area contributed by atoms with Crippen LogP contribution in [0.5, 0.6) is 5.75 Å². The predicted molar refractivity (Wildman–Crippen MR) is 171 cm³/mol. The summed E-state index contributed by atoms with van der Waals surface area (Å²) >= 11 is 0. The molecule has 16 heteroatoms. The molecule has 1 aliphatic heterocycles. The van der Waals surface area contributed by atoms with Crippen LogP contribution in [0.25, 0.3) is 0 Å². The van der Waals surface area contributed by atoms with Gasteiger partial charge >= 0.3 is 18.2 Å². The van der Waals surface area contributed by atoms with Gasteiger partial charge in [-0.05, 0) is 82.3 Å². The molecule has 1 saturated carbocycles. The Bertz CT molecular complexity index is 1340. The number of unbranched alkanes of at least 4 members (excludes halogenated alkanes) is 1. The zero-order valence-corrected chi connectivity index (χ0v) is 28.3. The molecule has 2 fully saturated rings. The van der Waals surface area contributed by atoms with E-state index < -0.39 is 58.6 Å². The van der Waals surface area contributed by atoms with Crippen LogP contribution >= 0.6 is 0 Å². The van der Waals surface area contributed by atoms with Crippen molar-refractivity contribution in [1.82, 2.24) is 20.9 Å². The van der Waals surface area contributed by atoms with Crippen molar-refractivity contribution in [2.75, 3.05) is 26.8 Å². The van der Waals surface area contributed by atoms with Crippen LogP contribution in [0.3, 0.4) is 0 Å². The van der Waals surface area contributed by atoms with Gasteiger partial charge in [-0.3, -0.25) is 19.7 Å². The van der Waals surface area contributed by atoms with Gasteiger partial charge in [0.25, 0.3) is 5.69 Å². The molecule has 4 N–H and O–H groups in total. The van der Waals surface area contributed by atoms with E-state index in [9.17, 15) is 39.2 Å². The molecule has 0 bridgehead atoms. The Morgan fingerprint density at radius 1 is 1.02 bits per heavy atom. The Kier molecular flexibility index (Phi) is 12.7. The van der Waals surface area contributed by atoms with E-state index in [-0.39, 0.29) is 61.1 Å². The number of nitrogens with zero attached hydrogens (tertiary/aromatic N) is 2.